The number of carboxylic acids is 1. The predicted octanol–water partition coefficient (Wildman–Crippen LogP) is 5.00. The highest BCUT2D eigenvalue weighted by atomic mass is 16.4. The van der Waals surface area contributed by atoms with Crippen LogP contribution < -0.4 is 5.32 Å². The maximum Gasteiger partial charge on any atom is 0.306 e. The summed E-state index contributed by atoms with van der Waals surface area (Å²) in [5.74, 6) is 0.00422. The van der Waals surface area contributed by atoms with E-state index in [1.54, 1.807) is 0 Å². The van der Waals surface area contributed by atoms with Gasteiger partial charge in [0.1, 0.15) is 0 Å². The Morgan fingerprint density at radius 1 is 1.00 bits per heavy atom. The monoisotopic (exact) mass is 311 g/mol. The second-order valence-electron chi connectivity index (χ2n) is 7.11. The summed E-state index contributed by atoms with van der Waals surface area (Å²) in [7, 11) is 2.07. The van der Waals surface area contributed by atoms with Gasteiger partial charge in [0.2, 0.25) is 0 Å². The first kappa shape index (κ1) is 19.5. The summed E-state index contributed by atoms with van der Waals surface area (Å²) in [5, 5.41) is 12.6. The van der Waals surface area contributed by atoms with Crippen LogP contribution in [0.15, 0.2) is 0 Å². The zero-order valence-electron chi connectivity index (χ0n) is 14.8. The van der Waals surface area contributed by atoms with Gasteiger partial charge in [-0.05, 0) is 45.1 Å². The highest BCUT2D eigenvalue weighted by molar-refractivity contribution is 5.69. The average Bonchev–Trinajstić information content (AvgIpc) is 2.54. The molecule has 0 amide bonds. The molecule has 1 unspecified atom stereocenters. The van der Waals surface area contributed by atoms with Gasteiger partial charge in [0, 0.05) is 6.04 Å². The van der Waals surface area contributed by atoms with Gasteiger partial charge in [-0.2, -0.15) is 0 Å². The molecule has 1 atom stereocenters. The highest BCUT2D eigenvalue weighted by Crippen LogP contribution is 2.32. The Morgan fingerprint density at radius 2 is 1.55 bits per heavy atom. The predicted molar refractivity (Wildman–Crippen MR) is 93.2 cm³/mol. The van der Waals surface area contributed by atoms with Crippen molar-refractivity contribution in [3.05, 3.63) is 0 Å². The third kappa shape index (κ3) is 7.62. The lowest BCUT2D eigenvalue weighted by atomic mass is 9.77. The molecule has 0 aromatic rings. The number of nitrogens with one attached hydrogen (secondary N) is 1. The third-order valence-corrected chi connectivity index (χ3v) is 5.43. The van der Waals surface area contributed by atoms with E-state index in [1.807, 2.05) is 0 Å². The maximum absolute atomic E-state index is 11.0. The zero-order valence-corrected chi connectivity index (χ0v) is 14.8. The van der Waals surface area contributed by atoms with Crippen molar-refractivity contribution in [1.29, 1.82) is 0 Å². The fourth-order valence-corrected chi connectivity index (χ4v) is 3.88. The number of carboxylic acid groups (broad SMARTS) is 1. The topological polar surface area (TPSA) is 49.3 Å². The Morgan fingerprint density at radius 3 is 2.05 bits per heavy atom. The largest absolute Gasteiger partial charge is 0.481 e. The lowest BCUT2D eigenvalue weighted by Gasteiger charge is -2.32. The molecule has 1 fully saturated rings. The van der Waals surface area contributed by atoms with E-state index in [1.165, 1.54) is 57.8 Å². The van der Waals surface area contributed by atoms with E-state index >= 15 is 0 Å². The minimum absolute atomic E-state index is 0.0862. The van der Waals surface area contributed by atoms with Crippen LogP contribution in [0.1, 0.15) is 90.4 Å². The second kappa shape index (κ2) is 11.9. The summed E-state index contributed by atoms with van der Waals surface area (Å²) >= 11 is 0. The Labute approximate surface area is 137 Å². The number of hydrogen-bond acceptors (Lipinski definition) is 2. The molecule has 2 N–H and O–H groups in total. The Kier molecular flexibility index (Phi) is 10.6. The van der Waals surface area contributed by atoms with Crippen molar-refractivity contribution < 1.29 is 9.90 Å². The Hall–Kier alpha value is -0.570. The van der Waals surface area contributed by atoms with E-state index in [-0.39, 0.29) is 5.92 Å². The molecule has 0 aromatic carbocycles. The van der Waals surface area contributed by atoms with E-state index in [0.29, 0.717) is 12.0 Å². The summed E-state index contributed by atoms with van der Waals surface area (Å²) in [6, 6.07) is 0.592. The van der Waals surface area contributed by atoms with Crippen LogP contribution in [0.2, 0.25) is 0 Å². The van der Waals surface area contributed by atoms with Crippen LogP contribution in [-0.4, -0.2) is 24.2 Å². The second-order valence-corrected chi connectivity index (χ2v) is 7.11. The number of carbonyl (C=O) groups is 1. The van der Waals surface area contributed by atoms with Crippen molar-refractivity contribution in [2.45, 2.75) is 96.4 Å². The molecule has 1 aliphatic carbocycles. The Balaban J connectivity index is 2.09. The quantitative estimate of drug-likeness (QED) is 0.499. The molecule has 0 heterocycles. The standard InChI is InChI=1S/C19H37NO2/c1-3-4-5-6-7-8-9-10-11-18(20-2)16-12-14-17(15-13-16)19(21)22/h16-18,20H,3-15H2,1-2H3,(H,21,22). The van der Waals surface area contributed by atoms with E-state index in [0.717, 1.165) is 25.7 Å². The normalized spacial score (nSPS) is 23.4. The first-order chi connectivity index (χ1) is 10.7. The maximum atomic E-state index is 11.0. The van der Waals surface area contributed by atoms with Crippen LogP contribution in [0.4, 0.5) is 0 Å². The van der Waals surface area contributed by atoms with Gasteiger partial charge in [-0.15, -0.1) is 0 Å². The summed E-state index contributed by atoms with van der Waals surface area (Å²) < 4.78 is 0. The van der Waals surface area contributed by atoms with Crippen molar-refractivity contribution >= 4 is 5.97 Å². The smallest absolute Gasteiger partial charge is 0.306 e. The molecule has 3 nitrogen and oxygen atoms in total. The van der Waals surface area contributed by atoms with Crippen molar-refractivity contribution in [1.82, 2.24) is 5.32 Å². The molecule has 1 rings (SSSR count). The van der Waals surface area contributed by atoms with Gasteiger partial charge in [-0.1, -0.05) is 58.3 Å². The lowest BCUT2D eigenvalue weighted by molar-refractivity contribution is -0.143. The van der Waals surface area contributed by atoms with E-state index in [4.69, 9.17) is 5.11 Å². The van der Waals surface area contributed by atoms with Gasteiger partial charge in [-0.3, -0.25) is 4.79 Å². The number of aliphatic carboxylic acids is 1. The number of hydrogen-bond donors (Lipinski definition) is 2. The molecule has 0 radical (unpaired) electrons. The number of unbranched alkanes of at least 4 members (excludes halogenated alkanes) is 7. The van der Waals surface area contributed by atoms with Crippen molar-refractivity contribution in [3.8, 4) is 0 Å². The molecule has 1 saturated carbocycles. The van der Waals surface area contributed by atoms with Crippen LogP contribution in [0.25, 0.3) is 0 Å². The van der Waals surface area contributed by atoms with Crippen molar-refractivity contribution in [2.24, 2.45) is 11.8 Å². The first-order valence-corrected chi connectivity index (χ1v) is 9.59. The minimum Gasteiger partial charge on any atom is -0.481 e. The summed E-state index contributed by atoms with van der Waals surface area (Å²) in [5.41, 5.74) is 0. The minimum atomic E-state index is -0.595. The fraction of sp³-hybridized carbons (Fsp3) is 0.947. The highest BCUT2D eigenvalue weighted by Gasteiger charge is 2.29. The van der Waals surface area contributed by atoms with E-state index in [9.17, 15) is 4.79 Å². The first-order valence-electron chi connectivity index (χ1n) is 9.59. The van der Waals surface area contributed by atoms with Crippen molar-refractivity contribution in [3.63, 3.8) is 0 Å². The van der Waals surface area contributed by atoms with Crippen LogP contribution in [0.5, 0.6) is 0 Å². The van der Waals surface area contributed by atoms with Gasteiger partial charge in [0.05, 0.1) is 5.92 Å². The van der Waals surface area contributed by atoms with Gasteiger partial charge in [0.25, 0.3) is 0 Å². The zero-order chi connectivity index (χ0) is 16.2. The summed E-state index contributed by atoms with van der Waals surface area (Å²) in [6.45, 7) is 2.27. The molecule has 0 aromatic heterocycles. The molecule has 0 saturated heterocycles. The average molecular weight is 312 g/mol. The van der Waals surface area contributed by atoms with Gasteiger partial charge < -0.3 is 10.4 Å². The van der Waals surface area contributed by atoms with Crippen LogP contribution in [-0.2, 0) is 4.79 Å². The van der Waals surface area contributed by atoms with E-state index in [2.05, 4.69) is 19.3 Å². The van der Waals surface area contributed by atoms with Crippen LogP contribution in [0, 0.1) is 11.8 Å². The van der Waals surface area contributed by atoms with Crippen molar-refractivity contribution in [2.75, 3.05) is 7.05 Å². The van der Waals surface area contributed by atoms with Gasteiger partial charge in [-0.25, -0.2) is 0 Å². The lowest BCUT2D eigenvalue weighted by Crippen LogP contribution is -2.36. The number of rotatable bonds is 12. The van der Waals surface area contributed by atoms with E-state index < -0.39 is 5.97 Å². The molecule has 0 bridgehead atoms. The molecular formula is C19H37NO2. The molecule has 0 spiro atoms. The third-order valence-electron chi connectivity index (χ3n) is 5.43. The SMILES string of the molecule is CCCCCCCCCCC(NC)C1CCC(C(=O)O)CC1. The molecule has 22 heavy (non-hydrogen) atoms. The van der Waals surface area contributed by atoms with Gasteiger partial charge in [0.15, 0.2) is 0 Å². The summed E-state index contributed by atoms with van der Waals surface area (Å²) in [4.78, 5) is 11.0. The van der Waals surface area contributed by atoms with Crippen LogP contribution in [0.3, 0.4) is 0 Å². The molecule has 0 aliphatic heterocycles. The molecular weight excluding hydrogens is 274 g/mol. The molecule has 1 aliphatic rings. The molecule has 130 valence electrons. The summed E-state index contributed by atoms with van der Waals surface area (Å²) in [6.07, 6.45) is 16.1. The fourth-order valence-electron chi connectivity index (χ4n) is 3.88. The molecule has 3 heteroatoms. The van der Waals surface area contributed by atoms with Gasteiger partial charge >= 0.3 is 5.97 Å². The van der Waals surface area contributed by atoms with Crippen LogP contribution >= 0.6 is 0 Å². The Bertz CT molecular complexity index is 285.